The SMILES string of the molecule is Cc1ccc2nc(NCCS(C)(=O)=O)sc2c1. The number of nitrogens with one attached hydrogen (secondary N) is 1. The Kier molecular flexibility index (Phi) is 3.35. The van der Waals surface area contributed by atoms with Crippen LogP contribution in [0.25, 0.3) is 10.2 Å². The van der Waals surface area contributed by atoms with Gasteiger partial charge in [-0.3, -0.25) is 0 Å². The van der Waals surface area contributed by atoms with Gasteiger partial charge in [-0.2, -0.15) is 0 Å². The largest absolute Gasteiger partial charge is 0.360 e. The molecule has 1 aromatic heterocycles. The lowest BCUT2D eigenvalue weighted by Crippen LogP contribution is -2.13. The van der Waals surface area contributed by atoms with Crippen molar-refractivity contribution in [1.82, 2.24) is 4.98 Å². The third kappa shape index (κ3) is 3.41. The first kappa shape index (κ1) is 12.3. The molecule has 0 atom stereocenters. The van der Waals surface area contributed by atoms with Crippen molar-refractivity contribution >= 4 is 36.5 Å². The fourth-order valence-electron chi connectivity index (χ4n) is 1.45. The normalized spacial score (nSPS) is 11.9. The Labute approximate surface area is 105 Å². The maximum absolute atomic E-state index is 11.0. The van der Waals surface area contributed by atoms with Gasteiger partial charge in [-0.15, -0.1) is 0 Å². The van der Waals surface area contributed by atoms with Crippen molar-refractivity contribution in [2.24, 2.45) is 0 Å². The molecule has 1 aromatic carbocycles. The van der Waals surface area contributed by atoms with Gasteiger partial charge in [-0.1, -0.05) is 17.4 Å². The Morgan fingerprint density at radius 3 is 2.88 bits per heavy atom. The standard InChI is InChI=1S/C11H14N2O2S2/c1-8-3-4-9-10(7-8)16-11(13-9)12-5-6-17(2,14)15/h3-4,7H,5-6H2,1-2H3,(H,12,13). The van der Waals surface area contributed by atoms with Crippen LogP contribution in [-0.2, 0) is 9.84 Å². The maximum atomic E-state index is 11.0. The Morgan fingerprint density at radius 2 is 2.18 bits per heavy atom. The topological polar surface area (TPSA) is 59.1 Å². The fourth-order valence-corrected chi connectivity index (χ4v) is 2.91. The second kappa shape index (κ2) is 4.62. The van der Waals surface area contributed by atoms with Gasteiger partial charge in [0.25, 0.3) is 0 Å². The van der Waals surface area contributed by atoms with Gasteiger partial charge >= 0.3 is 0 Å². The van der Waals surface area contributed by atoms with Crippen LogP contribution in [0.2, 0.25) is 0 Å². The lowest BCUT2D eigenvalue weighted by atomic mass is 10.2. The minimum atomic E-state index is -2.92. The number of rotatable bonds is 4. The predicted molar refractivity (Wildman–Crippen MR) is 72.6 cm³/mol. The summed E-state index contributed by atoms with van der Waals surface area (Å²) in [7, 11) is -2.92. The van der Waals surface area contributed by atoms with Crippen LogP contribution >= 0.6 is 11.3 Å². The molecule has 0 saturated heterocycles. The fraction of sp³-hybridized carbons (Fsp3) is 0.364. The van der Waals surface area contributed by atoms with Gasteiger partial charge in [0.05, 0.1) is 16.0 Å². The quantitative estimate of drug-likeness (QED) is 0.924. The lowest BCUT2D eigenvalue weighted by molar-refractivity contribution is 0.602. The maximum Gasteiger partial charge on any atom is 0.183 e. The van der Waals surface area contributed by atoms with Crippen LogP contribution in [0.1, 0.15) is 5.56 Å². The Bertz CT molecular complexity index is 632. The molecule has 4 nitrogen and oxygen atoms in total. The van der Waals surface area contributed by atoms with Crippen LogP contribution in [0, 0.1) is 6.92 Å². The molecule has 17 heavy (non-hydrogen) atoms. The molecule has 0 aliphatic rings. The highest BCUT2D eigenvalue weighted by molar-refractivity contribution is 7.90. The average molecular weight is 270 g/mol. The van der Waals surface area contributed by atoms with Crippen molar-refractivity contribution in [3.8, 4) is 0 Å². The summed E-state index contributed by atoms with van der Waals surface area (Å²) in [6, 6.07) is 6.07. The molecule has 0 radical (unpaired) electrons. The third-order valence-corrected chi connectivity index (χ3v) is 4.21. The summed E-state index contributed by atoms with van der Waals surface area (Å²) >= 11 is 1.54. The molecule has 2 aromatic rings. The van der Waals surface area contributed by atoms with Crippen molar-refractivity contribution in [1.29, 1.82) is 0 Å². The number of thiazole rings is 1. The van der Waals surface area contributed by atoms with E-state index in [2.05, 4.69) is 16.4 Å². The number of aromatic nitrogens is 1. The molecule has 0 aliphatic heterocycles. The number of sulfone groups is 1. The van der Waals surface area contributed by atoms with E-state index in [1.165, 1.54) is 11.8 Å². The zero-order chi connectivity index (χ0) is 12.5. The summed E-state index contributed by atoms with van der Waals surface area (Å²) in [5.74, 6) is 0.127. The molecule has 1 heterocycles. The van der Waals surface area contributed by atoms with E-state index in [9.17, 15) is 8.42 Å². The van der Waals surface area contributed by atoms with Crippen molar-refractivity contribution in [2.45, 2.75) is 6.92 Å². The Balaban J connectivity index is 2.09. The zero-order valence-corrected chi connectivity index (χ0v) is 11.4. The molecule has 0 aliphatic carbocycles. The molecule has 0 bridgehead atoms. The second-order valence-electron chi connectivity index (χ2n) is 4.05. The molecule has 92 valence electrons. The smallest absolute Gasteiger partial charge is 0.183 e. The highest BCUT2D eigenvalue weighted by Gasteiger charge is 2.05. The van der Waals surface area contributed by atoms with Crippen molar-refractivity contribution in [3.05, 3.63) is 23.8 Å². The van der Waals surface area contributed by atoms with Crippen LogP contribution in [0.15, 0.2) is 18.2 Å². The number of nitrogens with zero attached hydrogens (tertiary/aromatic N) is 1. The van der Waals surface area contributed by atoms with E-state index in [0.717, 1.165) is 15.3 Å². The summed E-state index contributed by atoms with van der Waals surface area (Å²) in [6.45, 7) is 2.44. The van der Waals surface area contributed by atoms with E-state index >= 15 is 0 Å². The highest BCUT2D eigenvalue weighted by Crippen LogP contribution is 2.26. The van der Waals surface area contributed by atoms with Gasteiger partial charge in [0.15, 0.2) is 5.13 Å². The van der Waals surface area contributed by atoms with Crippen molar-refractivity contribution < 1.29 is 8.42 Å². The first-order chi connectivity index (χ1) is 7.94. The highest BCUT2D eigenvalue weighted by atomic mass is 32.2. The van der Waals surface area contributed by atoms with Crippen LogP contribution in [0.5, 0.6) is 0 Å². The van der Waals surface area contributed by atoms with E-state index in [-0.39, 0.29) is 5.75 Å². The molecule has 0 amide bonds. The van der Waals surface area contributed by atoms with Crippen LogP contribution in [0.3, 0.4) is 0 Å². The van der Waals surface area contributed by atoms with E-state index in [4.69, 9.17) is 0 Å². The molecule has 0 unspecified atom stereocenters. The van der Waals surface area contributed by atoms with Crippen LogP contribution in [0.4, 0.5) is 5.13 Å². The first-order valence-electron chi connectivity index (χ1n) is 5.23. The molecule has 2 rings (SSSR count). The number of fused-ring (bicyclic) bond motifs is 1. The summed E-state index contributed by atoms with van der Waals surface area (Å²) in [5.41, 5.74) is 2.14. The third-order valence-electron chi connectivity index (χ3n) is 2.29. The lowest BCUT2D eigenvalue weighted by Gasteiger charge is -1.99. The molecule has 6 heteroatoms. The Morgan fingerprint density at radius 1 is 1.41 bits per heavy atom. The van der Waals surface area contributed by atoms with Gasteiger partial charge in [0.2, 0.25) is 0 Å². The van der Waals surface area contributed by atoms with Gasteiger partial charge < -0.3 is 5.32 Å². The summed E-state index contributed by atoms with van der Waals surface area (Å²) in [6.07, 6.45) is 1.23. The monoisotopic (exact) mass is 270 g/mol. The summed E-state index contributed by atoms with van der Waals surface area (Å²) in [5, 5.41) is 3.81. The predicted octanol–water partition coefficient (Wildman–Crippen LogP) is 2.06. The van der Waals surface area contributed by atoms with Gasteiger partial charge in [0.1, 0.15) is 9.84 Å². The molecule has 0 fully saturated rings. The zero-order valence-electron chi connectivity index (χ0n) is 9.73. The number of aryl methyl sites for hydroxylation is 1. The molecule has 1 N–H and O–H groups in total. The average Bonchev–Trinajstić information content (AvgIpc) is 2.57. The minimum absolute atomic E-state index is 0.127. The first-order valence-corrected chi connectivity index (χ1v) is 8.10. The Hall–Kier alpha value is -1.14. The minimum Gasteiger partial charge on any atom is -0.360 e. The number of benzene rings is 1. The van der Waals surface area contributed by atoms with E-state index < -0.39 is 9.84 Å². The molecular formula is C11H14N2O2S2. The van der Waals surface area contributed by atoms with Crippen molar-refractivity contribution in [3.63, 3.8) is 0 Å². The molecule has 0 spiro atoms. The molecule has 0 saturated carbocycles. The second-order valence-corrected chi connectivity index (χ2v) is 7.34. The van der Waals surface area contributed by atoms with E-state index in [1.807, 2.05) is 19.1 Å². The van der Waals surface area contributed by atoms with E-state index in [0.29, 0.717) is 6.54 Å². The number of hydrogen-bond donors (Lipinski definition) is 1. The van der Waals surface area contributed by atoms with Gasteiger partial charge in [0, 0.05) is 12.8 Å². The summed E-state index contributed by atoms with van der Waals surface area (Å²) < 4.78 is 23.1. The molecular weight excluding hydrogens is 256 g/mol. The van der Waals surface area contributed by atoms with E-state index in [1.54, 1.807) is 11.3 Å². The number of hydrogen-bond acceptors (Lipinski definition) is 5. The number of anilines is 1. The van der Waals surface area contributed by atoms with Gasteiger partial charge in [-0.25, -0.2) is 13.4 Å². The van der Waals surface area contributed by atoms with Crippen molar-refractivity contribution in [2.75, 3.05) is 23.9 Å². The summed E-state index contributed by atoms with van der Waals surface area (Å²) in [4.78, 5) is 4.39. The van der Waals surface area contributed by atoms with Crippen LogP contribution < -0.4 is 5.32 Å². The van der Waals surface area contributed by atoms with Crippen LogP contribution in [-0.4, -0.2) is 32.0 Å². The van der Waals surface area contributed by atoms with Gasteiger partial charge in [-0.05, 0) is 24.6 Å².